The van der Waals surface area contributed by atoms with E-state index in [1.165, 1.54) is 33.1 Å². The maximum Gasteiger partial charge on any atom is 0.181 e. The van der Waals surface area contributed by atoms with Crippen LogP contribution in [0.1, 0.15) is 37.5 Å². The molecule has 0 unspecified atom stereocenters. The van der Waals surface area contributed by atoms with Crippen LogP contribution < -0.4 is 30.9 Å². The molecule has 8 aromatic carbocycles. The Balaban J connectivity index is 0.00000494. The Labute approximate surface area is 407 Å². The smallest absolute Gasteiger partial charge is 0.181 e. The first-order chi connectivity index (χ1) is 32.2. The Kier molecular flexibility index (Phi) is 10.5. The van der Waals surface area contributed by atoms with E-state index >= 15 is 0 Å². The van der Waals surface area contributed by atoms with Crippen molar-refractivity contribution >= 4 is 67.7 Å². The van der Waals surface area contributed by atoms with E-state index in [2.05, 4.69) is 238 Å². The number of aryl methyl sites for hydroxylation is 2. The Hall–Kier alpha value is -7.14. The summed E-state index contributed by atoms with van der Waals surface area (Å²) in [7, 11) is 0. The van der Waals surface area contributed by atoms with Gasteiger partial charge < -0.3 is 19.1 Å². The first-order valence-electron chi connectivity index (χ1n) is 22.7. The average molecular weight is 1040 g/mol. The number of nitrogens with zero attached hydrogens (tertiary/aromatic N) is 4. The molecule has 0 bridgehead atoms. The van der Waals surface area contributed by atoms with E-state index in [0.717, 1.165) is 72.6 Å². The summed E-state index contributed by atoms with van der Waals surface area (Å²) in [6.07, 6.45) is 1.91. The third-order valence-electron chi connectivity index (χ3n) is 13.5. The zero-order chi connectivity index (χ0) is 44.7. The van der Waals surface area contributed by atoms with Gasteiger partial charge in [0, 0.05) is 72.5 Å². The molecule has 2 aromatic heterocycles. The topological polar surface area (TPSA) is 33.5 Å². The van der Waals surface area contributed by atoms with Crippen molar-refractivity contribution in [3.8, 4) is 39.6 Å². The number of pyridine rings is 1. The summed E-state index contributed by atoms with van der Waals surface area (Å²) >= 11 is 0. The SMILES string of the molecule is Cc1cccc(C)c1B1c2ccc(Oc3[c-]c4c(cc3)c3ccccc3n4-c3cc(C(C)(C)C)ccn3)[c-]c2N2[CH-]N(c3c(-c4ccccc4)cccc3-c3ccccc3)c3cccc1c32.[Pt]. The standard InChI is InChI=1S/C60H46BN4O.Pt/c1-39-17-14-18-40(2)57(39)61-50-32-30-45(66-44-29-31-49-48-23-12-13-27-52(48)65(54(49)36-44)56-35-43(33-34-62-56)60(3,4)5)37-55(50)64-38-63(53-28-16-26-51(61)59(53)64)58-46(41-19-8-6-9-20-41)24-15-25-47(58)42-21-10-7-11-22-42;/h6-35,38H,1-5H3;/q-3;. The molecule has 5 nitrogen and oxygen atoms in total. The summed E-state index contributed by atoms with van der Waals surface area (Å²) in [6, 6.07) is 70.3. The molecule has 0 aliphatic carbocycles. The second-order valence-electron chi connectivity index (χ2n) is 18.6. The Morgan fingerprint density at radius 3 is 1.94 bits per heavy atom. The van der Waals surface area contributed by atoms with E-state index in [4.69, 9.17) is 9.72 Å². The molecule has 4 heterocycles. The van der Waals surface area contributed by atoms with Crippen LogP contribution in [0.25, 0.3) is 49.9 Å². The largest absolute Gasteiger partial charge is 0.509 e. The number of rotatable bonds is 7. The number of anilines is 4. The van der Waals surface area contributed by atoms with Gasteiger partial charge in [-0.25, -0.2) is 4.98 Å². The van der Waals surface area contributed by atoms with Gasteiger partial charge in [-0.15, -0.1) is 47.5 Å². The molecule has 0 saturated carbocycles. The van der Waals surface area contributed by atoms with E-state index in [0.29, 0.717) is 11.5 Å². The van der Waals surface area contributed by atoms with E-state index in [9.17, 15) is 0 Å². The van der Waals surface area contributed by atoms with Crippen molar-refractivity contribution in [3.05, 3.63) is 218 Å². The first-order valence-corrected chi connectivity index (χ1v) is 22.7. The van der Waals surface area contributed by atoms with Crippen molar-refractivity contribution in [1.29, 1.82) is 0 Å². The third kappa shape index (κ3) is 7.09. The van der Waals surface area contributed by atoms with Crippen molar-refractivity contribution in [1.82, 2.24) is 9.55 Å². The molecular weight excluding hydrogens is 999 g/mol. The van der Waals surface area contributed by atoms with E-state index in [1.807, 2.05) is 12.3 Å². The van der Waals surface area contributed by atoms with Gasteiger partial charge in [-0.2, -0.15) is 12.1 Å². The van der Waals surface area contributed by atoms with Gasteiger partial charge in [-0.3, -0.25) is 0 Å². The second-order valence-corrected chi connectivity index (χ2v) is 18.6. The summed E-state index contributed by atoms with van der Waals surface area (Å²) < 4.78 is 9.08. The number of fused-ring (bicyclic) bond motifs is 5. The fourth-order valence-corrected chi connectivity index (χ4v) is 10.4. The maximum atomic E-state index is 6.87. The fraction of sp³-hybridized carbons (Fsp3) is 0.100. The van der Waals surface area contributed by atoms with E-state index in [1.54, 1.807) is 0 Å². The van der Waals surface area contributed by atoms with Crippen LogP contribution in [0.15, 0.2) is 182 Å². The molecule has 0 saturated heterocycles. The van der Waals surface area contributed by atoms with Crippen molar-refractivity contribution < 1.29 is 25.8 Å². The van der Waals surface area contributed by atoms with E-state index < -0.39 is 0 Å². The van der Waals surface area contributed by atoms with Crippen LogP contribution in [-0.4, -0.2) is 16.3 Å². The third-order valence-corrected chi connectivity index (χ3v) is 13.5. The van der Waals surface area contributed by atoms with Crippen LogP contribution in [0, 0.1) is 32.6 Å². The quantitative estimate of drug-likeness (QED) is 0.118. The number of hydrogen-bond acceptors (Lipinski definition) is 4. The maximum absolute atomic E-state index is 6.87. The predicted octanol–water partition coefficient (Wildman–Crippen LogP) is 13.1. The number of aromatic nitrogens is 2. The first kappa shape index (κ1) is 42.5. The number of para-hydroxylation sites is 3. The van der Waals surface area contributed by atoms with Crippen LogP contribution in [0.4, 0.5) is 22.7 Å². The average Bonchev–Trinajstić information content (AvgIpc) is 3.89. The van der Waals surface area contributed by atoms with Crippen LogP contribution in [0.2, 0.25) is 0 Å². The minimum Gasteiger partial charge on any atom is -0.509 e. The summed E-state index contributed by atoms with van der Waals surface area (Å²) in [4.78, 5) is 9.63. The minimum atomic E-state index is -0.0336. The molecule has 10 aromatic rings. The molecule has 0 atom stereocenters. The zero-order valence-corrected chi connectivity index (χ0v) is 40.3. The monoisotopic (exact) mass is 1040 g/mol. The molecular formula is C60H46BN4OPt-3. The number of hydrogen-bond donors (Lipinski definition) is 0. The van der Waals surface area contributed by atoms with Crippen molar-refractivity contribution in [2.24, 2.45) is 0 Å². The van der Waals surface area contributed by atoms with Crippen LogP contribution in [-0.2, 0) is 26.5 Å². The molecule has 12 rings (SSSR count). The molecule has 67 heavy (non-hydrogen) atoms. The second kappa shape index (κ2) is 16.6. The Bertz CT molecular complexity index is 3450. The summed E-state index contributed by atoms with van der Waals surface area (Å²) in [5, 5.41) is 2.23. The van der Waals surface area contributed by atoms with Crippen molar-refractivity contribution in [2.45, 2.75) is 40.0 Å². The van der Waals surface area contributed by atoms with Gasteiger partial charge >= 0.3 is 0 Å². The molecule has 0 radical (unpaired) electrons. The van der Waals surface area contributed by atoms with Gasteiger partial charge in [0.25, 0.3) is 0 Å². The van der Waals surface area contributed by atoms with Crippen molar-refractivity contribution in [3.63, 3.8) is 0 Å². The molecule has 328 valence electrons. The van der Waals surface area contributed by atoms with Gasteiger partial charge in [0.1, 0.15) is 5.82 Å². The molecule has 0 spiro atoms. The molecule has 0 amide bonds. The minimum absolute atomic E-state index is 0. The Morgan fingerprint density at radius 2 is 1.22 bits per heavy atom. The van der Waals surface area contributed by atoms with E-state index in [-0.39, 0.29) is 33.2 Å². The summed E-state index contributed by atoms with van der Waals surface area (Å²) in [6.45, 7) is 13.4. The summed E-state index contributed by atoms with van der Waals surface area (Å²) in [5.41, 5.74) is 18.4. The molecule has 7 heteroatoms. The Morgan fingerprint density at radius 1 is 0.582 bits per heavy atom. The number of ether oxygens (including phenoxy) is 1. The van der Waals surface area contributed by atoms with Crippen LogP contribution in [0.3, 0.4) is 0 Å². The normalized spacial score (nSPS) is 12.9. The van der Waals surface area contributed by atoms with Gasteiger partial charge in [0.15, 0.2) is 6.71 Å². The van der Waals surface area contributed by atoms with Gasteiger partial charge in [0.2, 0.25) is 0 Å². The molecule has 0 fully saturated rings. The van der Waals surface area contributed by atoms with Gasteiger partial charge in [0.05, 0.1) is 0 Å². The van der Waals surface area contributed by atoms with Crippen LogP contribution >= 0.6 is 0 Å². The molecule has 2 aliphatic rings. The summed E-state index contributed by atoms with van der Waals surface area (Å²) in [5.74, 6) is 2.07. The molecule has 0 N–H and O–H groups in total. The predicted molar refractivity (Wildman–Crippen MR) is 274 cm³/mol. The number of benzene rings is 8. The van der Waals surface area contributed by atoms with Crippen molar-refractivity contribution in [2.75, 3.05) is 9.80 Å². The fourth-order valence-electron chi connectivity index (χ4n) is 10.4. The van der Waals surface area contributed by atoms with Crippen LogP contribution in [0.5, 0.6) is 11.5 Å². The van der Waals surface area contributed by atoms with Gasteiger partial charge in [-0.05, 0) is 65.6 Å². The molecule has 2 aliphatic heterocycles. The zero-order valence-electron chi connectivity index (χ0n) is 38.0. The van der Waals surface area contributed by atoms with Gasteiger partial charge in [-0.1, -0.05) is 176 Å².